The Kier molecular flexibility index (Phi) is 4.82. The van der Waals surface area contributed by atoms with Gasteiger partial charge in [0.25, 0.3) is 0 Å². The van der Waals surface area contributed by atoms with E-state index in [4.69, 9.17) is 14.2 Å². The van der Waals surface area contributed by atoms with E-state index in [0.717, 1.165) is 11.8 Å². The fourth-order valence-corrected chi connectivity index (χ4v) is 1.95. The highest BCUT2D eigenvalue weighted by Crippen LogP contribution is 2.38. The lowest BCUT2D eigenvalue weighted by Crippen LogP contribution is -2.01. The number of aryl methyl sites for hydroxylation is 1. The minimum absolute atomic E-state index is 0.396. The fourth-order valence-electron chi connectivity index (χ4n) is 1.95. The lowest BCUT2D eigenvalue weighted by Gasteiger charge is -2.15. The number of methoxy groups -OCH3 is 2. The molecular formula is C17H18O4. The van der Waals surface area contributed by atoms with Crippen molar-refractivity contribution in [2.45, 2.75) is 13.5 Å². The van der Waals surface area contributed by atoms with E-state index >= 15 is 0 Å². The van der Waals surface area contributed by atoms with Crippen molar-refractivity contribution in [2.75, 3.05) is 14.2 Å². The number of ether oxygens (including phenoxy) is 3. The summed E-state index contributed by atoms with van der Waals surface area (Å²) in [5.41, 5.74) is 2.72. The Morgan fingerprint density at radius 3 is 2.05 bits per heavy atom. The van der Waals surface area contributed by atoms with Gasteiger partial charge < -0.3 is 14.2 Å². The molecule has 2 rings (SSSR count). The van der Waals surface area contributed by atoms with Crippen molar-refractivity contribution >= 4 is 6.29 Å². The van der Waals surface area contributed by atoms with Gasteiger partial charge in [-0.3, -0.25) is 4.79 Å². The van der Waals surface area contributed by atoms with Crippen LogP contribution in [0.1, 0.15) is 21.5 Å². The molecule has 0 aliphatic heterocycles. The average Bonchev–Trinajstić information content (AvgIpc) is 2.53. The molecule has 0 spiro atoms. The molecule has 0 aromatic heterocycles. The summed E-state index contributed by atoms with van der Waals surface area (Å²) in [6.07, 6.45) is 0.745. The molecule has 2 aromatic carbocycles. The first-order chi connectivity index (χ1) is 10.2. The van der Waals surface area contributed by atoms with Crippen molar-refractivity contribution in [1.82, 2.24) is 0 Å². The summed E-state index contributed by atoms with van der Waals surface area (Å²) in [6.45, 7) is 2.43. The molecule has 0 fully saturated rings. The topological polar surface area (TPSA) is 44.8 Å². The molecule has 0 unspecified atom stereocenters. The minimum atomic E-state index is 0.396. The number of hydrogen-bond acceptors (Lipinski definition) is 4. The highest BCUT2D eigenvalue weighted by atomic mass is 16.5. The maximum Gasteiger partial charge on any atom is 0.203 e. The molecule has 2 aromatic rings. The van der Waals surface area contributed by atoms with Crippen LogP contribution in [0, 0.1) is 6.92 Å². The van der Waals surface area contributed by atoms with Gasteiger partial charge in [-0.2, -0.15) is 0 Å². The van der Waals surface area contributed by atoms with Gasteiger partial charge in [0.1, 0.15) is 12.9 Å². The van der Waals surface area contributed by atoms with Gasteiger partial charge in [0.15, 0.2) is 11.5 Å². The highest BCUT2D eigenvalue weighted by Gasteiger charge is 2.14. The van der Waals surface area contributed by atoms with Crippen LogP contribution in [0.3, 0.4) is 0 Å². The lowest BCUT2D eigenvalue weighted by molar-refractivity contribution is 0.112. The molecule has 0 N–H and O–H groups in total. The van der Waals surface area contributed by atoms with Gasteiger partial charge in [-0.05, 0) is 24.6 Å². The molecule has 21 heavy (non-hydrogen) atoms. The van der Waals surface area contributed by atoms with Crippen LogP contribution in [0.5, 0.6) is 17.2 Å². The van der Waals surface area contributed by atoms with Gasteiger partial charge in [0.2, 0.25) is 5.75 Å². The van der Waals surface area contributed by atoms with E-state index in [1.807, 2.05) is 31.2 Å². The molecule has 0 heterocycles. The first-order valence-electron chi connectivity index (χ1n) is 6.57. The average molecular weight is 286 g/mol. The Morgan fingerprint density at radius 2 is 1.57 bits per heavy atom. The quantitative estimate of drug-likeness (QED) is 0.763. The highest BCUT2D eigenvalue weighted by molar-refractivity contribution is 5.78. The predicted octanol–water partition coefficient (Wildman–Crippen LogP) is 3.40. The third-order valence-electron chi connectivity index (χ3n) is 3.12. The van der Waals surface area contributed by atoms with Gasteiger partial charge in [0.05, 0.1) is 14.2 Å². The van der Waals surface area contributed by atoms with E-state index < -0.39 is 0 Å². The van der Waals surface area contributed by atoms with E-state index in [1.54, 1.807) is 12.1 Å². The van der Waals surface area contributed by atoms with Crippen LogP contribution < -0.4 is 14.2 Å². The summed E-state index contributed by atoms with van der Waals surface area (Å²) in [5, 5.41) is 0. The van der Waals surface area contributed by atoms with E-state index in [0.29, 0.717) is 29.4 Å². The molecule has 0 atom stereocenters. The number of carbonyl (C=O) groups excluding carboxylic acids is 1. The molecule has 0 saturated heterocycles. The summed E-state index contributed by atoms with van der Waals surface area (Å²) < 4.78 is 16.4. The molecule has 0 radical (unpaired) electrons. The zero-order valence-corrected chi connectivity index (χ0v) is 12.4. The minimum Gasteiger partial charge on any atom is -0.493 e. The number of benzene rings is 2. The molecule has 0 aliphatic carbocycles. The van der Waals surface area contributed by atoms with Gasteiger partial charge in [-0.25, -0.2) is 0 Å². The van der Waals surface area contributed by atoms with Gasteiger partial charge >= 0.3 is 0 Å². The summed E-state index contributed by atoms with van der Waals surface area (Å²) in [6, 6.07) is 11.3. The first kappa shape index (κ1) is 14.9. The number of carbonyl (C=O) groups is 1. The normalized spacial score (nSPS) is 10.0. The van der Waals surface area contributed by atoms with Crippen molar-refractivity contribution in [1.29, 1.82) is 0 Å². The Labute approximate surface area is 124 Å². The van der Waals surface area contributed by atoms with Crippen LogP contribution in [-0.2, 0) is 6.61 Å². The van der Waals surface area contributed by atoms with Crippen LogP contribution in [0.2, 0.25) is 0 Å². The molecule has 110 valence electrons. The Hall–Kier alpha value is -2.49. The van der Waals surface area contributed by atoms with Crippen LogP contribution in [0.25, 0.3) is 0 Å². The predicted molar refractivity (Wildman–Crippen MR) is 80.4 cm³/mol. The number of hydrogen-bond donors (Lipinski definition) is 0. The van der Waals surface area contributed by atoms with E-state index in [2.05, 4.69) is 0 Å². The van der Waals surface area contributed by atoms with Crippen molar-refractivity contribution in [2.24, 2.45) is 0 Å². The lowest BCUT2D eigenvalue weighted by atomic mass is 10.1. The van der Waals surface area contributed by atoms with Crippen molar-refractivity contribution in [3.05, 3.63) is 53.1 Å². The Bertz CT molecular complexity index is 592. The van der Waals surface area contributed by atoms with E-state index in [9.17, 15) is 4.79 Å². The van der Waals surface area contributed by atoms with Crippen LogP contribution in [0.15, 0.2) is 36.4 Å². The molecule has 0 bridgehead atoms. The zero-order valence-electron chi connectivity index (χ0n) is 12.4. The van der Waals surface area contributed by atoms with Crippen molar-refractivity contribution in [3.8, 4) is 17.2 Å². The summed E-state index contributed by atoms with van der Waals surface area (Å²) >= 11 is 0. The zero-order chi connectivity index (χ0) is 15.2. The second-order valence-electron chi connectivity index (χ2n) is 4.65. The third kappa shape index (κ3) is 3.54. The molecule has 0 amide bonds. The monoisotopic (exact) mass is 286 g/mol. The summed E-state index contributed by atoms with van der Waals surface area (Å²) in [4.78, 5) is 10.9. The fraction of sp³-hybridized carbons (Fsp3) is 0.235. The maximum atomic E-state index is 10.9. The molecule has 4 heteroatoms. The smallest absolute Gasteiger partial charge is 0.203 e. The molecule has 4 nitrogen and oxygen atoms in total. The van der Waals surface area contributed by atoms with Gasteiger partial charge in [0, 0.05) is 5.56 Å². The Morgan fingerprint density at radius 1 is 1.00 bits per heavy atom. The summed E-state index contributed by atoms with van der Waals surface area (Å²) in [5.74, 6) is 1.44. The standard InChI is InChI=1S/C17H18O4/c1-12-4-6-13(7-5-12)11-21-17-15(19-2)8-14(10-18)9-16(17)20-3/h4-10H,11H2,1-3H3. The molecule has 0 saturated carbocycles. The van der Waals surface area contributed by atoms with E-state index in [1.165, 1.54) is 19.8 Å². The number of rotatable bonds is 6. The van der Waals surface area contributed by atoms with Crippen molar-refractivity contribution in [3.63, 3.8) is 0 Å². The number of aldehydes is 1. The van der Waals surface area contributed by atoms with E-state index in [-0.39, 0.29) is 0 Å². The summed E-state index contributed by atoms with van der Waals surface area (Å²) in [7, 11) is 3.06. The second-order valence-corrected chi connectivity index (χ2v) is 4.65. The maximum absolute atomic E-state index is 10.9. The molecule has 0 aliphatic rings. The van der Waals surface area contributed by atoms with Gasteiger partial charge in [-0.15, -0.1) is 0 Å². The Balaban J connectivity index is 2.25. The first-order valence-corrected chi connectivity index (χ1v) is 6.57. The SMILES string of the molecule is COc1cc(C=O)cc(OC)c1OCc1ccc(C)cc1. The van der Waals surface area contributed by atoms with Crippen LogP contribution in [0.4, 0.5) is 0 Å². The third-order valence-corrected chi connectivity index (χ3v) is 3.12. The molecular weight excluding hydrogens is 268 g/mol. The largest absolute Gasteiger partial charge is 0.493 e. The van der Waals surface area contributed by atoms with Gasteiger partial charge in [-0.1, -0.05) is 29.8 Å². The second kappa shape index (κ2) is 6.79. The van der Waals surface area contributed by atoms with Crippen LogP contribution >= 0.6 is 0 Å². The van der Waals surface area contributed by atoms with Crippen molar-refractivity contribution < 1.29 is 19.0 Å². The van der Waals surface area contributed by atoms with Crippen LogP contribution in [-0.4, -0.2) is 20.5 Å².